The fourth-order valence-corrected chi connectivity index (χ4v) is 5.03. The summed E-state index contributed by atoms with van der Waals surface area (Å²) >= 11 is 0. The zero-order chi connectivity index (χ0) is 13.1. The number of hydrogen-bond donors (Lipinski definition) is 0. The van der Waals surface area contributed by atoms with E-state index in [0.717, 1.165) is 38.0 Å². The fourth-order valence-electron chi connectivity index (χ4n) is 1.84. The highest BCUT2D eigenvalue weighted by Gasteiger charge is 2.20. The van der Waals surface area contributed by atoms with Crippen molar-refractivity contribution in [2.45, 2.75) is 52.4 Å². The van der Waals surface area contributed by atoms with Crippen LogP contribution in [0.2, 0.25) is 0 Å². The summed E-state index contributed by atoms with van der Waals surface area (Å²) in [7, 11) is -0.628. The van der Waals surface area contributed by atoms with Crippen molar-refractivity contribution >= 4 is 13.1 Å². The van der Waals surface area contributed by atoms with Gasteiger partial charge in [-0.15, -0.1) is 0 Å². The Hall–Kier alpha value is -0.300. The van der Waals surface area contributed by atoms with Crippen molar-refractivity contribution < 1.29 is 14.1 Å². The molecular formula is C13H27O3P. The van der Waals surface area contributed by atoms with Gasteiger partial charge in [-0.3, -0.25) is 4.79 Å². The van der Waals surface area contributed by atoms with Gasteiger partial charge in [-0.25, -0.2) is 0 Å². The minimum absolute atomic E-state index is 0.192. The Morgan fingerprint density at radius 3 is 1.88 bits per heavy atom. The first kappa shape index (κ1) is 16.7. The smallest absolute Gasteiger partial charge is 0.305 e. The quantitative estimate of drug-likeness (QED) is 0.443. The lowest BCUT2D eigenvalue weighted by Gasteiger charge is -2.17. The van der Waals surface area contributed by atoms with Gasteiger partial charge in [0, 0.05) is 24.9 Å². The molecule has 17 heavy (non-hydrogen) atoms. The molecular weight excluding hydrogens is 235 g/mol. The molecule has 102 valence electrons. The Morgan fingerprint density at radius 2 is 1.47 bits per heavy atom. The van der Waals surface area contributed by atoms with Gasteiger partial charge >= 0.3 is 5.97 Å². The van der Waals surface area contributed by atoms with Gasteiger partial charge in [0.15, 0.2) is 0 Å². The van der Waals surface area contributed by atoms with E-state index in [1.165, 1.54) is 7.11 Å². The van der Waals surface area contributed by atoms with Crippen LogP contribution in [0.3, 0.4) is 0 Å². The first-order chi connectivity index (χ1) is 8.08. The predicted octanol–water partition coefficient (Wildman–Crippen LogP) is 3.90. The van der Waals surface area contributed by atoms with Crippen LogP contribution in [0.4, 0.5) is 0 Å². The average molecular weight is 262 g/mol. The lowest BCUT2D eigenvalue weighted by Crippen LogP contribution is -2.05. The van der Waals surface area contributed by atoms with Gasteiger partial charge in [0.1, 0.15) is 0 Å². The van der Waals surface area contributed by atoms with Crippen molar-refractivity contribution in [3.05, 3.63) is 0 Å². The normalized spacial score (nSPS) is 11.5. The van der Waals surface area contributed by atoms with Gasteiger partial charge in [0.2, 0.25) is 0 Å². The van der Waals surface area contributed by atoms with Crippen molar-refractivity contribution in [2.75, 3.05) is 25.6 Å². The highest BCUT2D eigenvalue weighted by atomic mass is 31.2. The third kappa shape index (κ3) is 8.43. The summed E-state index contributed by atoms with van der Waals surface area (Å²) in [6.07, 6.45) is 7.78. The second-order valence-electron chi connectivity index (χ2n) is 4.62. The Morgan fingerprint density at radius 1 is 1.00 bits per heavy atom. The molecule has 0 spiro atoms. The minimum Gasteiger partial charge on any atom is -0.469 e. The molecule has 0 unspecified atom stereocenters. The lowest BCUT2D eigenvalue weighted by molar-refractivity contribution is -0.140. The topological polar surface area (TPSA) is 43.4 Å². The number of hydrogen-bond acceptors (Lipinski definition) is 3. The monoisotopic (exact) mass is 262 g/mol. The Bertz CT molecular complexity index is 239. The van der Waals surface area contributed by atoms with Crippen LogP contribution >= 0.6 is 7.14 Å². The van der Waals surface area contributed by atoms with Crippen LogP contribution in [0.15, 0.2) is 0 Å². The van der Waals surface area contributed by atoms with Gasteiger partial charge in [-0.05, 0) is 19.3 Å². The molecule has 0 aromatic heterocycles. The number of esters is 1. The van der Waals surface area contributed by atoms with Crippen molar-refractivity contribution in [2.24, 2.45) is 0 Å². The van der Waals surface area contributed by atoms with Gasteiger partial charge in [-0.1, -0.05) is 26.7 Å². The standard InChI is InChI=1S/C13H27O3P/c1-4-6-10-17(15,11-7-5-2)12-8-9-13(14)16-3/h4-12H2,1-3H3. The van der Waals surface area contributed by atoms with E-state index in [0.29, 0.717) is 19.0 Å². The number of carbonyl (C=O) groups is 1. The molecule has 0 aliphatic carbocycles. The van der Waals surface area contributed by atoms with Crippen LogP contribution in [-0.4, -0.2) is 31.6 Å². The van der Waals surface area contributed by atoms with Crippen LogP contribution in [-0.2, 0) is 14.1 Å². The first-order valence-electron chi connectivity index (χ1n) is 6.72. The molecule has 0 atom stereocenters. The summed E-state index contributed by atoms with van der Waals surface area (Å²) < 4.78 is 17.2. The molecule has 0 amide bonds. The molecule has 0 aliphatic heterocycles. The Balaban J connectivity index is 4.08. The molecule has 0 saturated heterocycles. The second-order valence-corrected chi connectivity index (χ2v) is 8.07. The molecule has 0 fully saturated rings. The van der Waals surface area contributed by atoms with Crippen molar-refractivity contribution in [3.63, 3.8) is 0 Å². The summed E-state index contributed by atoms with van der Waals surface area (Å²) in [5.74, 6) is -0.192. The summed E-state index contributed by atoms with van der Waals surface area (Å²) in [5.41, 5.74) is 0. The third-order valence-corrected chi connectivity index (χ3v) is 6.41. The van der Waals surface area contributed by atoms with E-state index in [4.69, 9.17) is 0 Å². The van der Waals surface area contributed by atoms with Gasteiger partial charge < -0.3 is 9.30 Å². The van der Waals surface area contributed by atoms with Crippen LogP contribution in [0.25, 0.3) is 0 Å². The second kappa shape index (κ2) is 9.70. The number of methoxy groups -OCH3 is 1. The molecule has 3 nitrogen and oxygen atoms in total. The Labute approximate surface area is 106 Å². The zero-order valence-corrected chi connectivity index (χ0v) is 12.4. The average Bonchev–Trinajstić information content (AvgIpc) is 2.34. The van der Waals surface area contributed by atoms with Crippen LogP contribution in [0, 0.1) is 0 Å². The van der Waals surface area contributed by atoms with Crippen LogP contribution < -0.4 is 0 Å². The highest BCUT2D eigenvalue weighted by Crippen LogP contribution is 2.48. The molecule has 0 N–H and O–H groups in total. The predicted molar refractivity (Wildman–Crippen MR) is 73.3 cm³/mol. The van der Waals surface area contributed by atoms with E-state index >= 15 is 0 Å². The molecule has 4 heteroatoms. The number of rotatable bonds is 10. The van der Waals surface area contributed by atoms with Gasteiger partial charge in [0.05, 0.1) is 14.3 Å². The Kier molecular flexibility index (Phi) is 9.53. The van der Waals surface area contributed by atoms with E-state index in [9.17, 15) is 9.36 Å². The minimum atomic E-state index is -2.03. The van der Waals surface area contributed by atoms with Crippen molar-refractivity contribution in [1.29, 1.82) is 0 Å². The van der Waals surface area contributed by atoms with E-state index in [1.54, 1.807) is 0 Å². The third-order valence-electron chi connectivity index (χ3n) is 3.01. The maximum absolute atomic E-state index is 12.6. The first-order valence-corrected chi connectivity index (χ1v) is 8.98. The van der Waals surface area contributed by atoms with Crippen LogP contribution in [0.1, 0.15) is 52.4 Å². The molecule has 0 bridgehead atoms. The highest BCUT2D eigenvalue weighted by molar-refractivity contribution is 7.63. The number of ether oxygens (including phenoxy) is 1. The van der Waals surface area contributed by atoms with E-state index < -0.39 is 7.14 Å². The molecule has 0 heterocycles. The van der Waals surface area contributed by atoms with E-state index in [1.807, 2.05) is 0 Å². The fraction of sp³-hybridized carbons (Fsp3) is 0.923. The number of carbonyl (C=O) groups excluding carboxylic acids is 1. The summed E-state index contributed by atoms with van der Waals surface area (Å²) in [5, 5.41) is 0. The SMILES string of the molecule is CCCCP(=O)(CCCC)CCCC(=O)OC. The van der Waals surface area contributed by atoms with Crippen molar-refractivity contribution in [1.82, 2.24) is 0 Å². The summed E-state index contributed by atoms with van der Waals surface area (Å²) in [6, 6.07) is 0. The molecule has 0 rings (SSSR count). The summed E-state index contributed by atoms with van der Waals surface area (Å²) in [4.78, 5) is 11.0. The molecule has 0 saturated carbocycles. The van der Waals surface area contributed by atoms with Gasteiger partial charge in [-0.2, -0.15) is 0 Å². The largest absolute Gasteiger partial charge is 0.469 e. The molecule has 0 aliphatic rings. The zero-order valence-electron chi connectivity index (χ0n) is 11.5. The molecule has 0 aromatic rings. The van der Waals surface area contributed by atoms with Crippen LogP contribution in [0.5, 0.6) is 0 Å². The maximum Gasteiger partial charge on any atom is 0.305 e. The molecule has 0 aromatic carbocycles. The lowest BCUT2D eigenvalue weighted by atomic mass is 10.3. The van der Waals surface area contributed by atoms with E-state index in [2.05, 4.69) is 18.6 Å². The molecule has 0 radical (unpaired) electrons. The van der Waals surface area contributed by atoms with Crippen molar-refractivity contribution in [3.8, 4) is 0 Å². The van der Waals surface area contributed by atoms with E-state index in [-0.39, 0.29) is 5.97 Å². The van der Waals surface area contributed by atoms with Gasteiger partial charge in [0.25, 0.3) is 0 Å². The maximum atomic E-state index is 12.6. The summed E-state index contributed by atoms with van der Waals surface area (Å²) in [6.45, 7) is 4.25. The number of unbranched alkanes of at least 4 members (excludes halogenated alkanes) is 2.